The van der Waals surface area contributed by atoms with Crippen molar-refractivity contribution in [3.8, 4) is 5.75 Å². The number of carbonyl (C=O) groups is 3. The number of nitrogens with one attached hydrogen (secondary N) is 1. The van der Waals surface area contributed by atoms with Crippen LogP contribution in [-0.2, 0) is 16.1 Å². The summed E-state index contributed by atoms with van der Waals surface area (Å²) in [6.07, 6.45) is -0.696. The quantitative estimate of drug-likeness (QED) is 0.390. The van der Waals surface area contributed by atoms with Gasteiger partial charge in [-0.2, -0.15) is 0 Å². The van der Waals surface area contributed by atoms with Gasteiger partial charge in [-0.05, 0) is 74.2 Å². The summed E-state index contributed by atoms with van der Waals surface area (Å²) in [4.78, 5) is 40.6. The molecule has 0 saturated carbocycles. The molecule has 0 aliphatic heterocycles. The van der Waals surface area contributed by atoms with Crippen LogP contribution in [0, 0.1) is 0 Å². The molecular formula is C26H27ClN2O5S. The van der Waals surface area contributed by atoms with Crippen molar-refractivity contribution in [3.05, 3.63) is 81.0 Å². The van der Waals surface area contributed by atoms with Crippen LogP contribution >= 0.6 is 22.9 Å². The van der Waals surface area contributed by atoms with Gasteiger partial charge < -0.3 is 19.7 Å². The average Bonchev–Trinajstić information content (AvgIpc) is 3.30. The zero-order chi connectivity index (χ0) is 25.6. The maximum absolute atomic E-state index is 13.3. The molecule has 2 aromatic carbocycles. The van der Waals surface area contributed by atoms with Gasteiger partial charge in [0.15, 0.2) is 0 Å². The highest BCUT2D eigenvalue weighted by Crippen LogP contribution is 2.31. The van der Waals surface area contributed by atoms with Crippen molar-refractivity contribution in [1.29, 1.82) is 0 Å². The first-order valence-electron chi connectivity index (χ1n) is 10.9. The lowest BCUT2D eigenvalue weighted by atomic mass is 10.1. The third-order valence-electron chi connectivity index (χ3n) is 4.83. The Bertz CT molecular complexity index is 1180. The second-order valence-electron chi connectivity index (χ2n) is 8.65. The lowest BCUT2D eigenvalue weighted by molar-refractivity contribution is -0.118. The Morgan fingerprint density at radius 1 is 1.00 bits per heavy atom. The monoisotopic (exact) mass is 514 g/mol. The van der Waals surface area contributed by atoms with Crippen molar-refractivity contribution in [2.24, 2.45) is 0 Å². The first-order chi connectivity index (χ1) is 16.6. The van der Waals surface area contributed by atoms with Gasteiger partial charge in [0.1, 0.15) is 17.9 Å². The second kappa shape index (κ2) is 11.4. The number of rotatable bonds is 8. The third-order valence-corrected chi connectivity index (χ3v) is 5.99. The van der Waals surface area contributed by atoms with Crippen LogP contribution in [-0.4, -0.2) is 37.0 Å². The van der Waals surface area contributed by atoms with Gasteiger partial charge in [0.2, 0.25) is 11.7 Å². The van der Waals surface area contributed by atoms with Gasteiger partial charge in [0.25, 0.3) is 0 Å². The van der Waals surface area contributed by atoms with Crippen molar-refractivity contribution < 1.29 is 23.9 Å². The highest BCUT2D eigenvalue weighted by molar-refractivity contribution is 7.13. The van der Waals surface area contributed by atoms with Crippen LogP contribution in [0.15, 0.2) is 60.0 Å². The maximum Gasteiger partial charge on any atom is 0.408 e. The van der Waals surface area contributed by atoms with E-state index in [0.29, 0.717) is 26.9 Å². The molecule has 9 heteroatoms. The summed E-state index contributed by atoms with van der Waals surface area (Å²) in [5.41, 5.74) is 1.05. The molecule has 0 atom stereocenters. The van der Waals surface area contributed by atoms with E-state index in [-0.39, 0.29) is 18.9 Å². The molecule has 184 valence electrons. The molecule has 0 unspecified atom stereocenters. The molecule has 3 rings (SSSR count). The van der Waals surface area contributed by atoms with Crippen molar-refractivity contribution in [1.82, 2.24) is 5.32 Å². The standard InChI is InChI=1S/C26H27ClN2O5S/c1-26(2,3)34-25(32)28-15-22(30)29(16-17-5-11-20(33-4)12-6-17)21-13-14-35-24(21)23(31)18-7-9-19(27)10-8-18/h5-14H,15-16H2,1-4H3,(H,28,32). The number of nitrogens with zero attached hydrogens (tertiary/aromatic N) is 1. The molecule has 35 heavy (non-hydrogen) atoms. The second-order valence-corrected chi connectivity index (χ2v) is 10.0. The van der Waals surface area contributed by atoms with Crippen LogP contribution in [0.25, 0.3) is 0 Å². The van der Waals surface area contributed by atoms with E-state index in [2.05, 4.69) is 5.32 Å². The molecule has 7 nitrogen and oxygen atoms in total. The summed E-state index contributed by atoms with van der Waals surface area (Å²) >= 11 is 7.20. The lowest BCUT2D eigenvalue weighted by Crippen LogP contribution is -2.42. The van der Waals surface area contributed by atoms with E-state index in [9.17, 15) is 14.4 Å². The first kappa shape index (κ1) is 26.2. The summed E-state index contributed by atoms with van der Waals surface area (Å²) in [6, 6.07) is 15.6. The van der Waals surface area contributed by atoms with E-state index in [1.165, 1.54) is 16.2 Å². The van der Waals surface area contributed by atoms with Crippen LogP contribution in [0.3, 0.4) is 0 Å². The van der Waals surface area contributed by atoms with E-state index < -0.39 is 17.6 Å². The Labute approximate surface area is 213 Å². The number of ketones is 1. The number of alkyl carbamates (subject to hydrolysis) is 1. The highest BCUT2D eigenvalue weighted by atomic mass is 35.5. The molecule has 0 spiro atoms. The van der Waals surface area contributed by atoms with Crippen LogP contribution in [0.5, 0.6) is 5.75 Å². The van der Waals surface area contributed by atoms with Crippen molar-refractivity contribution in [2.45, 2.75) is 32.9 Å². The maximum atomic E-state index is 13.3. The Morgan fingerprint density at radius 3 is 2.26 bits per heavy atom. The summed E-state index contributed by atoms with van der Waals surface area (Å²) in [5.74, 6) is 0.0712. The number of hydrogen-bond donors (Lipinski definition) is 1. The van der Waals surface area contributed by atoms with Gasteiger partial charge in [0, 0.05) is 10.6 Å². The van der Waals surface area contributed by atoms with Gasteiger partial charge in [-0.25, -0.2) is 4.79 Å². The molecule has 3 aromatic rings. The smallest absolute Gasteiger partial charge is 0.408 e. The number of benzene rings is 2. The van der Waals surface area contributed by atoms with Gasteiger partial charge in [0.05, 0.1) is 24.2 Å². The zero-order valence-electron chi connectivity index (χ0n) is 20.0. The molecule has 0 bridgehead atoms. The fraction of sp³-hybridized carbons (Fsp3) is 0.269. The predicted molar refractivity (Wildman–Crippen MR) is 138 cm³/mol. The Morgan fingerprint density at radius 2 is 1.66 bits per heavy atom. The van der Waals surface area contributed by atoms with Crippen LogP contribution in [0.1, 0.15) is 41.6 Å². The molecule has 0 aliphatic carbocycles. The topological polar surface area (TPSA) is 84.9 Å². The molecule has 2 amide bonds. The molecule has 1 N–H and O–H groups in total. The number of thiophene rings is 1. The Balaban J connectivity index is 1.88. The van der Waals surface area contributed by atoms with Crippen LogP contribution in [0.4, 0.5) is 10.5 Å². The van der Waals surface area contributed by atoms with E-state index >= 15 is 0 Å². The van der Waals surface area contributed by atoms with Gasteiger partial charge >= 0.3 is 6.09 Å². The predicted octanol–water partition coefficient (Wildman–Crippen LogP) is 5.70. The van der Waals surface area contributed by atoms with E-state index in [1.807, 2.05) is 12.1 Å². The molecule has 1 heterocycles. The number of methoxy groups -OCH3 is 1. The van der Waals surface area contributed by atoms with E-state index in [0.717, 1.165) is 5.56 Å². The minimum atomic E-state index is -0.696. The minimum absolute atomic E-state index is 0.191. The van der Waals surface area contributed by atoms with Gasteiger partial charge in [-0.15, -0.1) is 11.3 Å². The number of ether oxygens (including phenoxy) is 2. The number of anilines is 1. The van der Waals surface area contributed by atoms with E-state index in [4.69, 9.17) is 21.1 Å². The molecule has 0 radical (unpaired) electrons. The first-order valence-corrected chi connectivity index (χ1v) is 12.1. The van der Waals surface area contributed by atoms with Crippen molar-refractivity contribution in [2.75, 3.05) is 18.6 Å². The average molecular weight is 515 g/mol. The molecule has 1 aromatic heterocycles. The third kappa shape index (κ3) is 7.31. The summed E-state index contributed by atoms with van der Waals surface area (Å²) in [6.45, 7) is 5.12. The summed E-state index contributed by atoms with van der Waals surface area (Å²) in [7, 11) is 1.58. The number of halogens is 1. The zero-order valence-corrected chi connectivity index (χ0v) is 21.5. The van der Waals surface area contributed by atoms with Gasteiger partial charge in [-0.3, -0.25) is 9.59 Å². The Hall–Kier alpha value is -3.36. The molecule has 0 aliphatic rings. The molecule has 0 fully saturated rings. The van der Waals surface area contributed by atoms with Crippen molar-refractivity contribution >= 4 is 46.4 Å². The molecule has 0 saturated heterocycles. The summed E-state index contributed by atoms with van der Waals surface area (Å²) < 4.78 is 10.4. The fourth-order valence-corrected chi connectivity index (χ4v) is 4.18. The number of hydrogen-bond acceptors (Lipinski definition) is 6. The number of carbonyl (C=O) groups excluding carboxylic acids is 3. The van der Waals surface area contributed by atoms with Crippen molar-refractivity contribution in [3.63, 3.8) is 0 Å². The Kier molecular flexibility index (Phi) is 8.53. The van der Waals surface area contributed by atoms with Crippen LogP contribution < -0.4 is 15.0 Å². The highest BCUT2D eigenvalue weighted by Gasteiger charge is 2.25. The minimum Gasteiger partial charge on any atom is -0.497 e. The molecular weight excluding hydrogens is 488 g/mol. The number of amides is 2. The largest absolute Gasteiger partial charge is 0.497 e. The van der Waals surface area contributed by atoms with Gasteiger partial charge in [-0.1, -0.05) is 23.7 Å². The van der Waals surface area contributed by atoms with Crippen LogP contribution in [0.2, 0.25) is 5.02 Å². The normalized spacial score (nSPS) is 11.0. The summed E-state index contributed by atoms with van der Waals surface area (Å²) in [5, 5.41) is 4.79. The fourth-order valence-electron chi connectivity index (χ4n) is 3.20. The van der Waals surface area contributed by atoms with E-state index in [1.54, 1.807) is 75.7 Å². The lowest BCUT2D eigenvalue weighted by Gasteiger charge is -2.24. The SMILES string of the molecule is COc1ccc(CN(C(=O)CNC(=O)OC(C)(C)C)c2ccsc2C(=O)c2ccc(Cl)cc2)cc1.